The molecule has 3 rings (SSSR count). The molecule has 1 saturated carbocycles. The minimum absolute atomic E-state index is 0.124. The first-order chi connectivity index (χ1) is 10.1. The van der Waals surface area contributed by atoms with E-state index in [1.165, 1.54) is 16.7 Å². The van der Waals surface area contributed by atoms with Crippen molar-refractivity contribution in [2.24, 2.45) is 5.92 Å². The molecule has 0 amide bonds. The number of Topliss-reactive ketones (excluding diaryl/α,β-unsaturated/α-hetero) is 1. The molecule has 2 heteroatoms. The summed E-state index contributed by atoms with van der Waals surface area (Å²) in [5.41, 5.74) is 4.45. The number of benzene rings is 2. The van der Waals surface area contributed by atoms with Gasteiger partial charge in [0.05, 0.1) is 7.11 Å². The Morgan fingerprint density at radius 1 is 1.10 bits per heavy atom. The molecule has 0 spiro atoms. The van der Waals surface area contributed by atoms with Crippen LogP contribution in [0.1, 0.15) is 39.4 Å². The second-order valence-electron chi connectivity index (χ2n) is 5.89. The summed E-state index contributed by atoms with van der Waals surface area (Å²) in [5, 5.41) is 0. The number of carbonyl (C=O) groups is 1. The summed E-state index contributed by atoms with van der Waals surface area (Å²) in [6, 6.07) is 14.0. The van der Waals surface area contributed by atoms with E-state index in [4.69, 9.17) is 4.74 Å². The molecule has 2 nitrogen and oxygen atoms in total. The monoisotopic (exact) mass is 280 g/mol. The first-order valence-electron chi connectivity index (χ1n) is 7.35. The normalized spacial score (nSPS) is 20.1. The van der Waals surface area contributed by atoms with E-state index in [-0.39, 0.29) is 11.7 Å². The maximum absolute atomic E-state index is 12.6. The van der Waals surface area contributed by atoms with Gasteiger partial charge in [-0.2, -0.15) is 0 Å². The van der Waals surface area contributed by atoms with Crippen LogP contribution in [0.3, 0.4) is 0 Å². The van der Waals surface area contributed by atoms with Crippen molar-refractivity contribution in [2.45, 2.75) is 26.2 Å². The highest BCUT2D eigenvalue weighted by Gasteiger charge is 2.44. The van der Waals surface area contributed by atoms with E-state index in [1.54, 1.807) is 7.11 Å². The van der Waals surface area contributed by atoms with Gasteiger partial charge in [-0.3, -0.25) is 4.79 Å². The van der Waals surface area contributed by atoms with E-state index < -0.39 is 0 Å². The van der Waals surface area contributed by atoms with Crippen LogP contribution in [0.4, 0.5) is 0 Å². The van der Waals surface area contributed by atoms with Crippen LogP contribution >= 0.6 is 0 Å². The molecule has 0 radical (unpaired) electrons. The van der Waals surface area contributed by atoms with Crippen molar-refractivity contribution in [3.8, 4) is 5.75 Å². The lowest BCUT2D eigenvalue weighted by atomic mass is 9.99. The fourth-order valence-electron chi connectivity index (χ4n) is 2.83. The molecular formula is C19H20O2. The van der Waals surface area contributed by atoms with Gasteiger partial charge in [-0.15, -0.1) is 0 Å². The maximum atomic E-state index is 12.6. The maximum Gasteiger partial charge on any atom is 0.166 e. The molecule has 108 valence electrons. The van der Waals surface area contributed by atoms with E-state index in [2.05, 4.69) is 19.9 Å². The molecular weight excluding hydrogens is 260 g/mol. The zero-order chi connectivity index (χ0) is 15.0. The van der Waals surface area contributed by atoms with Crippen LogP contribution in [0, 0.1) is 19.8 Å². The summed E-state index contributed by atoms with van der Waals surface area (Å²) >= 11 is 0. The van der Waals surface area contributed by atoms with E-state index in [0.717, 1.165) is 17.7 Å². The molecule has 0 aliphatic heterocycles. The minimum Gasteiger partial charge on any atom is -0.497 e. The van der Waals surface area contributed by atoms with Gasteiger partial charge in [-0.25, -0.2) is 0 Å². The van der Waals surface area contributed by atoms with E-state index in [1.807, 2.05) is 36.4 Å². The Kier molecular flexibility index (Phi) is 3.54. The fourth-order valence-corrected chi connectivity index (χ4v) is 2.83. The predicted molar refractivity (Wildman–Crippen MR) is 84.1 cm³/mol. The molecule has 0 N–H and O–H groups in total. The number of hydrogen-bond acceptors (Lipinski definition) is 2. The third kappa shape index (κ3) is 2.71. The lowest BCUT2D eigenvalue weighted by Gasteiger charge is -2.06. The van der Waals surface area contributed by atoms with Gasteiger partial charge in [0.2, 0.25) is 0 Å². The average molecular weight is 280 g/mol. The lowest BCUT2D eigenvalue weighted by Crippen LogP contribution is -2.04. The number of methoxy groups -OCH3 is 1. The van der Waals surface area contributed by atoms with Crippen LogP contribution < -0.4 is 4.74 Å². The molecule has 0 heterocycles. The topological polar surface area (TPSA) is 26.3 Å². The van der Waals surface area contributed by atoms with Crippen LogP contribution in [0.5, 0.6) is 5.75 Å². The minimum atomic E-state index is 0.124. The Hall–Kier alpha value is -2.09. The van der Waals surface area contributed by atoms with Crippen LogP contribution in [-0.2, 0) is 0 Å². The molecule has 0 saturated heterocycles. The summed E-state index contributed by atoms with van der Waals surface area (Å²) in [7, 11) is 1.67. The first kappa shape index (κ1) is 13.9. The van der Waals surface area contributed by atoms with Gasteiger partial charge < -0.3 is 4.74 Å². The van der Waals surface area contributed by atoms with E-state index >= 15 is 0 Å². The second kappa shape index (κ2) is 5.36. The Morgan fingerprint density at radius 2 is 1.90 bits per heavy atom. The number of hydrogen-bond donors (Lipinski definition) is 0. The van der Waals surface area contributed by atoms with Crippen molar-refractivity contribution in [3.05, 3.63) is 64.7 Å². The molecule has 1 aliphatic carbocycles. The highest BCUT2D eigenvalue weighted by atomic mass is 16.5. The van der Waals surface area contributed by atoms with Crippen LogP contribution in [0.2, 0.25) is 0 Å². The van der Waals surface area contributed by atoms with Crippen molar-refractivity contribution in [1.29, 1.82) is 0 Å². The average Bonchev–Trinajstić information content (AvgIpc) is 3.30. The zero-order valence-corrected chi connectivity index (χ0v) is 12.7. The molecule has 1 aliphatic rings. The van der Waals surface area contributed by atoms with Gasteiger partial charge in [0.25, 0.3) is 0 Å². The molecule has 1 fully saturated rings. The molecule has 2 unspecified atom stereocenters. The smallest absolute Gasteiger partial charge is 0.166 e. The Bertz CT molecular complexity index is 688. The SMILES string of the molecule is COc1cccc(C2CC2C(=O)c2ccc(C)c(C)c2)c1. The molecule has 21 heavy (non-hydrogen) atoms. The van der Waals surface area contributed by atoms with Gasteiger partial charge in [-0.05, 0) is 61.1 Å². The predicted octanol–water partition coefficient (Wildman–Crippen LogP) is 4.30. The third-order valence-corrected chi connectivity index (χ3v) is 4.44. The van der Waals surface area contributed by atoms with Crippen LogP contribution in [0.15, 0.2) is 42.5 Å². The van der Waals surface area contributed by atoms with Crippen LogP contribution in [-0.4, -0.2) is 12.9 Å². The van der Waals surface area contributed by atoms with Gasteiger partial charge in [-0.1, -0.05) is 24.3 Å². The standard InChI is InChI=1S/C19H20O2/c1-12-7-8-15(9-13(12)2)19(20)18-11-17(18)14-5-4-6-16(10-14)21-3/h4-10,17-18H,11H2,1-3H3. The summed E-state index contributed by atoms with van der Waals surface area (Å²) in [6.07, 6.45) is 0.943. The summed E-state index contributed by atoms with van der Waals surface area (Å²) in [4.78, 5) is 12.6. The van der Waals surface area contributed by atoms with Gasteiger partial charge in [0.1, 0.15) is 5.75 Å². The van der Waals surface area contributed by atoms with Crippen molar-refractivity contribution < 1.29 is 9.53 Å². The Labute approximate surface area is 125 Å². The molecule has 2 atom stereocenters. The third-order valence-electron chi connectivity index (χ3n) is 4.44. The van der Waals surface area contributed by atoms with Crippen molar-refractivity contribution in [3.63, 3.8) is 0 Å². The lowest BCUT2D eigenvalue weighted by molar-refractivity contribution is 0.0965. The van der Waals surface area contributed by atoms with Crippen LogP contribution in [0.25, 0.3) is 0 Å². The van der Waals surface area contributed by atoms with Gasteiger partial charge >= 0.3 is 0 Å². The molecule has 0 bridgehead atoms. The molecule has 0 aromatic heterocycles. The zero-order valence-electron chi connectivity index (χ0n) is 12.7. The Morgan fingerprint density at radius 3 is 2.62 bits per heavy atom. The number of ether oxygens (including phenoxy) is 1. The number of carbonyl (C=O) groups excluding carboxylic acids is 1. The molecule has 2 aromatic carbocycles. The highest BCUT2D eigenvalue weighted by Crippen LogP contribution is 2.49. The number of aryl methyl sites for hydroxylation is 2. The number of rotatable bonds is 4. The first-order valence-corrected chi connectivity index (χ1v) is 7.35. The van der Waals surface area contributed by atoms with E-state index in [9.17, 15) is 4.79 Å². The highest BCUT2D eigenvalue weighted by molar-refractivity contribution is 6.00. The van der Waals surface area contributed by atoms with Gasteiger partial charge in [0, 0.05) is 11.5 Å². The summed E-state index contributed by atoms with van der Waals surface area (Å²) in [6.45, 7) is 4.12. The Balaban J connectivity index is 1.77. The largest absolute Gasteiger partial charge is 0.497 e. The van der Waals surface area contributed by atoms with E-state index in [0.29, 0.717) is 5.92 Å². The fraction of sp³-hybridized carbons (Fsp3) is 0.316. The second-order valence-corrected chi connectivity index (χ2v) is 5.89. The summed E-state index contributed by atoms with van der Waals surface area (Å²) < 4.78 is 5.26. The molecule has 2 aromatic rings. The quantitative estimate of drug-likeness (QED) is 0.781. The number of ketones is 1. The van der Waals surface area contributed by atoms with Crippen molar-refractivity contribution in [1.82, 2.24) is 0 Å². The van der Waals surface area contributed by atoms with Crippen molar-refractivity contribution in [2.75, 3.05) is 7.11 Å². The summed E-state index contributed by atoms with van der Waals surface area (Å²) in [5.74, 6) is 1.59. The van der Waals surface area contributed by atoms with Crippen molar-refractivity contribution >= 4 is 5.78 Å². The van der Waals surface area contributed by atoms with Gasteiger partial charge in [0.15, 0.2) is 5.78 Å².